The maximum Gasteiger partial charge on any atom is 0.335 e. The van der Waals surface area contributed by atoms with Crippen LogP contribution in [-0.2, 0) is 0 Å². The van der Waals surface area contributed by atoms with Crippen molar-refractivity contribution in [1.29, 1.82) is 0 Å². The summed E-state index contributed by atoms with van der Waals surface area (Å²) < 4.78 is 15.6. The second-order valence-electron chi connectivity index (χ2n) is 4.51. The highest BCUT2D eigenvalue weighted by Gasteiger charge is 2.12. The summed E-state index contributed by atoms with van der Waals surface area (Å²) in [5.74, 6) is -1.62. The number of carboxylic acid groups (broad SMARTS) is 1. The van der Waals surface area contributed by atoms with Crippen molar-refractivity contribution in [2.24, 2.45) is 0 Å². The summed E-state index contributed by atoms with van der Waals surface area (Å²) in [5.41, 5.74) is 1.40. The molecular weight excluding hydrogens is 271 g/mol. The van der Waals surface area contributed by atoms with E-state index in [1.54, 1.807) is 35.0 Å². The lowest BCUT2D eigenvalue weighted by Gasteiger charge is -2.08. The molecule has 4 nitrogen and oxygen atoms in total. The Morgan fingerprint density at radius 2 is 2.00 bits per heavy atom. The molecule has 0 unspecified atom stereocenters. The van der Waals surface area contributed by atoms with Crippen LogP contribution >= 0.6 is 0 Å². The van der Waals surface area contributed by atoms with Crippen LogP contribution in [-0.4, -0.2) is 15.6 Å². The number of carbonyl (C=O) groups is 1. The molecular formula is C16H9FN2O2. The predicted octanol–water partition coefficient (Wildman–Crippen LogP) is 4.02. The molecule has 0 atom stereocenters. The van der Waals surface area contributed by atoms with Crippen LogP contribution in [0, 0.1) is 12.4 Å². The molecule has 3 aromatic rings. The van der Waals surface area contributed by atoms with Gasteiger partial charge in [0.05, 0.1) is 23.3 Å². The fourth-order valence-electron chi connectivity index (χ4n) is 2.24. The first-order valence-corrected chi connectivity index (χ1v) is 6.12. The van der Waals surface area contributed by atoms with E-state index in [1.807, 2.05) is 0 Å². The van der Waals surface area contributed by atoms with Gasteiger partial charge in [0.1, 0.15) is 5.82 Å². The average molecular weight is 280 g/mol. The molecule has 102 valence electrons. The largest absolute Gasteiger partial charge is 0.478 e. The molecule has 0 aliphatic rings. The van der Waals surface area contributed by atoms with Gasteiger partial charge in [-0.3, -0.25) is 0 Å². The zero-order valence-electron chi connectivity index (χ0n) is 10.7. The number of fused-ring (bicyclic) bond motifs is 1. The summed E-state index contributed by atoms with van der Waals surface area (Å²) in [6.45, 7) is 6.99. The number of nitrogens with zero attached hydrogens (tertiary/aromatic N) is 2. The predicted molar refractivity (Wildman–Crippen MR) is 76.5 cm³/mol. The Morgan fingerprint density at radius 3 is 2.71 bits per heavy atom. The third-order valence-corrected chi connectivity index (χ3v) is 3.26. The van der Waals surface area contributed by atoms with Crippen molar-refractivity contribution in [3.05, 3.63) is 71.5 Å². The van der Waals surface area contributed by atoms with Crippen LogP contribution in [0.3, 0.4) is 0 Å². The molecule has 0 saturated heterocycles. The number of aromatic carboxylic acids is 1. The maximum absolute atomic E-state index is 14.0. The maximum atomic E-state index is 14.0. The third-order valence-electron chi connectivity index (χ3n) is 3.26. The zero-order valence-corrected chi connectivity index (χ0v) is 10.7. The molecule has 21 heavy (non-hydrogen) atoms. The Hall–Kier alpha value is -3.13. The standard InChI is InChI=1S/C16H9FN2O2/c1-18-12-3-5-14-10(8-12)6-7-19(14)15-9-11(16(20)21)2-4-13(15)17/h2-9H,(H,20,21). The molecule has 5 heteroatoms. The summed E-state index contributed by atoms with van der Waals surface area (Å²) in [7, 11) is 0. The highest BCUT2D eigenvalue weighted by Crippen LogP contribution is 2.26. The monoisotopic (exact) mass is 280 g/mol. The molecule has 0 amide bonds. The van der Waals surface area contributed by atoms with E-state index in [-0.39, 0.29) is 11.3 Å². The Labute approximate surface area is 119 Å². The molecule has 1 N–H and O–H groups in total. The van der Waals surface area contributed by atoms with E-state index in [4.69, 9.17) is 11.7 Å². The molecule has 0 radical (unpaired) electrons. The van der Waals surface area contributed by atoms with Gasteiger partial charge in [0, 0.05) is 6.20 Å². The fraction of sp³-hybridized carbons (Fsp3) is 0. The van der Waals surface area contributed by atoms with E-state index in [2.05, 4.69) is 4.85 Å². The van der Waals surface area contributed by atoms with Crippen LogP contribution < -0.4 is 0 Å². The molecule has 0 aliphatic carbocycles. The molecule has 2 aromatic carbocycles. The molecule has 1 aromatic heterocycles. The van der Waals surface area contributed by atoms with Crippen LogP contribution in [0.4, 0.5) is 10.1 Å². The SMILES string of the molecule is [C-]#[N+]c1ccc2c(ccn2-c2cc(C(=O)O)ccc2F)c1. The van der Waals surface area contributed by atoms with E-state index in [0.717, 1.165) is 11.5 Å². The second kappa shape index (κ2) is 4.76. The Bertz CT molecular complexity index is 906. The fourth-order valence-corrected chi connectivity index (χ4v) is 2.24. The second-order valence-corrected chi connectivity index (χ2v) is 4.51. The highest BCUT2D eigenvalue weighted by atomic mass is 19.1. The zero-order chi connectivity index (χ0) is 15.0. The Morgan fingerprint density at radius 1 is 1.19 bits per heavy atom. The van der Waals surface area contributed by atoms with Crippen molar-refractivity contribution in [3.63, 3.8) is 0 Å². The molecule has 0 spiro atoms. The minimum absolute atomic E-state index is 0.0195. The number of benzene rings is 2. The van der Waals surface area contributed by atoms with Crippen LogP contribution in [0.5, 0.6) is 0 Å². The number of halogens is 1. The molecule has 1 heterocycles. The summed E-state index contributed by atoms with van der Waals surface area (Å²) in [4.78, 5) is 14.4. The van der Waals surface area contributed by atoms with Gasteiger partial charge in [-0.25, -0.2) is 14.0 Å². The van der Waals surface area contributed by atoms with Crippen LogP contribution in [0.1, 0.15) is 10.4 Å². The van der Waals surface area contributed by atoms with Gasteiger partial charge in [-0.05, 0) is 41.8 Å². The van der Waals surface area contributed by atoms with E-state index in [9.17, 15) is 9.18 Å². The van der Waals surface area contributed by atoms with Crippen LogP contribution in [0.15, 0.2) is 48.7 Å². The molecule has 0 fully saturated rings. The average Bonchev–Trinajstić information content (AvgIpc) is 2.90. The van der Waals surface area contributed by atoms with Crippen molar-refractivity contribution in [3.8, 4) is 5.69 Å². The number of hydrogen-bond acceptors (Lipinski definition) is 1. The first kappa shape index (κ1) is 12.9. The molecule has 0 aliphatic heterocycles. The van der Waals surface area contributed by atoms with Gasteiger partial charge in [0.2, 0.25) is 0 Å². The minimum atomic E-state index is -1.11. The van der Waals surface area contributed by atoms with Gasteiger partial charge in [-0.1, -0.05) is 6.07 Å². The van der Waals surface area contributed by atoms with Gasteiger partial charge < -0.3 is 9.67 Å². The first-order valence-electron chi connectivity index (χ1n) is 6.12. The molecule has 0 saturated carbocycles. The lowest BCUT2D eigenvalue weighted by atomic mass is 10.2. The van der Waals surface area contributed by atoms with Gasteiger partial charge in [-0.2, -0.15) is 0 Å². The van der Waals surface area contributed by atoms with Crippen molar-refractivity contribution < 1.29 is 14.3 Å². The number of aromatic nitrogens is 1. The van der Waals surface area contributed by atoms with Crippen molar-refractivity contribution in [1.82, 2.24) is 4.57 Å². The van der Waals surface area contributed by atoms with Crippen molar-refractivity contribution in [2.75, 3.05) is 0 Å². The van der Waals surface area contributed by atoms with Crippen LogP contribution in [0.25, 0.3) is 21.4 Å². The quantitative estimate of drug-likeness (QED) is 0.721. The minimum Gasteiger partial charge on any atom is -0.478 e. The summed E-state index contributed by atoms with van der Waals surface area (Å²) in [6, 6.07) is 10.5. The lowest BCUT2D eigenvalue weighted by molar-refractivity contribution is 0.0697. The van der Waals surface area contributed by atoms with E-state index in [0.29, 0.717) is 11.2 Å². The van der Waals surface area contributed by atoms with Crippen LogP contribution in [0.2, 0.25) is 0 Å². The van der Waals surface area contributed by atoms with Gasteiger partial charge in [0.15, 0.2) is 5.69 Å². The summed E-state index contributed by atoms with van der Waals surface area (Å²) in [5, 5.41) is 9.81. The smallest absolute Gasteiger partial charge is 0.335 e. The van der Waals surface area contributed by atoms with Gasteiger partial charge in [-0.15, -0.1) is 0 Å². The third kappa shape index (κ3) is 2.13. The van der Waals surface area contributed by atoms with Gasteiger partial charge in [0.25, 0.3) is 0 Å². The lowest BCUT2D eigenvalue weighted by Crippen LogP contribution is -2.02. The van der Waals surface area contributed by atoms with E-state index >= 15 is 0 Å². The molecule has 3 rings (SSSR count). The Balaban J connectivity index is 2.23. The summed E-state index contributed by atoms with van der Waals surface area (Å²) in [6.07, 6.45) is 1.66. The molecule has 0 bridgehead atoms. The number of rotatable bonds is 2. The summed E-state index contributed by atoms with van der Waals surface area (Å²) >= 11 is 0. The first-order chi connectivity index (χ1) is 10.1. The van der Waals surface area contributed by atoms with E-state index in [1.165, 1.54) is 12.1 Å². The normalized spacial score (nSPS) is 10.5. The van der Waals surface area contributed by atoms with Crippen molar-refractivity contribution >= 4 is 22.6 Å². The van der Waals surface area contributed by atoms with Crippen molar-refractivity contribution in [2.45, 2.75) is 0 Å². The number of carboxylic acids is 1. The van der Waals surface area contributed by atoms with E-state index < -0.39 is 11.8 Å². The van der Waals surface area contributed by atoms with Gasteiger partial charge >= 0.3 is 5.97 Å². The highest BCUT2D eigenvalue weighted by molar-refractivity contribution is 5.89. The number of hydrogen-bond donors (Lipinski definition) is 1. The topological polar surface area (TPSA) is 46.6 Å². The Kier molecular flexibility index (Phi) is 2.92.